The van der Waals surface area contributed by atoms with Crippen LogP contribution < -0.4 is 5.32 Å². The van der Waals surface area contributed by atoms with Gasteiger partial charge in [-0.25, -0.2) is 9.67 Å². The minimum atomic E-state index is -0.330. The molecule has 1 aromatic heterocycles. The van der Waals surface area contributed by atoms with Gasteiger partial charge in [-0.3, -0.25) is 4.79 Å². The Balaban J connectivity index is 1.79. The quantitative estimate of drug-likeness (QED) is 0.789. The van der Waals surface area contributed by atoms with Crippen molar-refractivity contribution in [3.05, 3.63) is 12.7 Å². The molecular weight excluding hydrogens is 208 g/mol. The van der Waals surface area contributed by atoms with Crippen LogP contribution in [-0.4, -0.2) is 39.9 Å². The first-order valence-electron chi connectivity index (χ1n) is 5.51. The van der Waals surface area contributed by atoms with Crippen molar-refractivity contribution in [3.8, 4) is 0 Å². The summed E-state index contributed by atoms with van der Waals surface area (Å²) >= 11 is 0. The number of aromatic nitrogens is 3. The highest BCUT2D eigenvalue weighted by molar-refractivity contribution is 5.79. The molecule has 0 bridgehead atoms. The van der Waals surface area contributed by atoms with Crippen molar-refractivity contribution < 1.29 is 9.53 Å². The summed E-state index contributed by atoms with van der Waals surface area (Å²) < 4.78 is 6.96. The Bertz CT molecular complexity index is 333. The minimum Gasteiger partial charge on any atom is -0.376 e. The van der Waals surface area contributed by atoms with Gasteiger partial charge in [-0.1, -0.05) is 0 Å². The average molecular weight is 224 g/mol. The smallest absolute Gasteiger partial charge is 0.244 e. The van der Waals surface area contributed by atoms with E-state index in [2.05, 4.69) is 15.4 Å². The summed E-state index contributed by atoms with van der Waals surface area (Å²) in [5, 5.41) is 6.79. The molecule has 1 fully saturated rings. The zero-order chi connectivity index (χ0) is 11.4. The zero-order valence-electron chi connectivity index (χ0n) is 9.30. The third-order valence-corrected chi connectivity index (χ3v) is 2.74. The van der Waals surface area contributed by atoms with Crippen molar-refractivity contribution in [1.82, 2.24) is 20.1 Å². The Kier molecular flexibility index (Phi) is 3.51. The van der Waals surface area contributed by atoms with Gasteiger partial charge >= 0.3 is 0 Å². The summed E-state index contributed by atoms with van der Waals surface area (Å²) in [5.41, 5.74) is 0. The maximum atomic E-state index is 11.7. The molecule has 0 radical (unpaired) electrons. The van der Waals surface area contributed by atoms with Gasteiger partial charge in [0.05, 0.1) is 6.10 Å². The molecule has 1 aliphatic rings. The van der Waals surface area contributed by atoms with Crippen LogP contribution >= 0.6 is 0 Å². The Morgan fingerprint density at radius 1 is 1.75 bits per heavy atom. The van der Waals surface area contributed by atoms with Crippen LogP contribution in [0.15, 0.2) is 12.7 Å². The molecule has 1 N–H and O–H groups in total. The maximum Gasteiger partial charge on any atom is 0.244 e. The lowest BCUT2D eigenvalue weighted by Gasteiger charge is -2.14. The van der Waals surface area contributed by atoms with Gasteiger partial charge in [0.15, 0.2) is 0 Å². The Hall–Kier alpha value is -1.43. The molecule has 6 heteroatoms. The summed E-state index contributed by atoms with van der Waals surface area (Å²) in [6, 6.07) is -0.330. The summed E-state index contributed by atoms with van der Waals surface area (Å²) in [6.07, 6.45) is 5.24. The lowest BCUT2D eigenvalue weighted by atomic mass is 10.2. The number of nitrogens with zero attached hydrogens (tertiary/aromatic N) is 3. The van der Waals surface area contributed by atoms with Gasteiger partial charge in [0.25, 0.3) is 0 Å². The molecule has 16 heavy (non-hydrogen) atoms. The second-order valence-corrected chi connectivity index (χ2v) is 3.93. The van der Waals surface area contributed by atoms with Crippen molar-refractivity contribution in [2.24, 2.45) is 0 Å². The summed E-state index contributed by atoms with van der Waals surface area (Å²) in [6.45, 7) is 3.18. The molecule has 1 aromatic rings. The fourth-order valence-corrected chi connectivity index (χ4v) is 1.70. The van der Waals surface area contributed by atoms with E-state index in [9.17, 15) is 4.79 Å². The zero-order valence-corrected chi connectivity index (χ0v) is 9.30. The molecule has 0 saturated carbocycles. The molecule has 2 rings (SSSR count). The first-order valence-corrected chi connectivity index (χ1v) is 5.51. The third-order valence-electron chi connectivity index (χ3n) is 2.74. The molecule has 0 aliphatic carbocycles. The van der Waals surface area contributed by atoms with Crippen LogP contribution in [0, 0.1) is 0 Å². The first-order chi connectivity index (χ1) is 7.77. The van der Waals surface area contributed by atoms with E-state index in [1.54, 1.807) is 6.92 Å². The largest absolute Gasteiger partial charge is 0.376 e. The number of carbonyl (C=O) groups excluding carboxylic acids is 1. The van der Waals surface area contributed by atoms with Crippen LogP contribution in [0.1, 0.15) is 25.8 Å². The summed E-state index contributed by atoms with van der Waals surface area (Å²) in [5.74, 6) is -0.0546. The molecule has 6 nitrogen and oxygen atoms in total. The number of hydrogen-bond donors (Lipinski definition) is 1. The predicted octanol–water partition coefficient (Wildman–Crippen LogP) is 0.134. The Labute approximate surface area is 94.0 Å². The van der Waals surface area contributed by atoms with E-state index in [4.69, 9.17) is 4.74 Å². The molecule has 1 amide bonds. The minimum absolute atomic E-state index is 0.0546. The van der Waals surface area contributed by atoms with Crippen molar-refractivity contribution in [3.63, 3.8) is 0 Å². The van der Waals surface area contributed by atoms with Crippen molar-refractivity contribution in [1.29, 1.82) is 0 Å². The topological polar surface area (TPSA) is 69.0 Å². The average Bonchev–Trinajstić information content (AvgIpc) is 2.96. The van der Waals surface area contributed by atoms with Gasteiger partial charge in [0.1, 0.15) is 18.7 Å². The van der Waals surface area contributed by atoms with Crippen LogP contribution in [0.3, 0.4) is 0 Å². The Morgan fingerprint density at radius 3 is 3.25 bits per heavy atom. The molecule has 0 aromatic carbocycles. The van der Waals surface area contributed by atoms with E-state index in [-0.39, 0.29) is 18.1 Å². The number of ether oxygens (including phenoxy) is 1. The molecule has 2 heterocycles. The number of carbonyl (C=O) groups is 1. The van der Waals surface area contributed by atoms with E-state index in [1.807, 2.05) is 0 Å². The monoisotopic (exact) mass is 224 g/mol. The predicted molar refractivity (Wildman–Crippen MR) is 56.7 cm³/mol. The highest BCUT2D eigenvalue weighted by Gasteiger charge is 2.19. The highest BCUT2D eigenvalue weighted by Crippen LogP contribution is 2.11. The standard InChI is InChI=1S/C10H16N4O2/c1-8(14-7-11-6-13-14)10(15)12-5-9-3-2-4-16-9/h6-9H,2-5H2,1H3,(H,12,15). The molecule has 2 unspecified atom stereocenters. The second kappa shape index (κ2) is 5.07. The lowest BCUT2D eigenvalue weighted by Crippen LogP contribution is -2.36. The van der Waals surface area contributed by atoms with Crippen LogP contribution in [0.2, 0.25) is 0 Å². The molecule has 88 valence electrons. The normalized spacial score (nSPS) is 21.9. The van der Waals surface area contributed by atoms with Crippen LogP contribution in [0.25, 0.3) is 0 Å². The van der Waals surface area contributed by atoms with Crippen molar-refractivity contribution in [2.75, 3.05) is 13.2 Å². The SMILES string of the molecule is CC(C(=O)NCC1CCCO1)n1cncn1. The molecule has 1 saturated heterocycles. The number of rotatable bonds is 4. The van der Waals surface area contributed by atoms with Gasteiger partial charge in [-0.15, -0.1) is 0 Å². The van der Waals surface area contributed by atoms with Gasteiger partial charge in [-0.05, 0) is 19.8 Å². The van der Waals surface area contributed by atoms with Gasteiger partial charge in [0.2, 0.25) is 5.91 Å². The van der Waals surface area contributed by atoms with E-state index >= 15 is 0 Å². The van der Waals surface area contributed by atoms with Crippen LogP contribution in [0.5, 0.6) is 0 Å². The fourth-order valence-electron chi connectivity index (χ4n) is 1.70. The first kappa shape index (κ1) is 11.1. The summed E-state index contributed by atoms with van der Waals surface area (Å²) in [7, 11) is 0. The maximum absolute atomic E-state index is 11.7. The number of hydrogen-bond acceptors (Lipinski definition) is 4. The molecule has 1 aliphatic heterocycles. The van der Waals surface area contributed by atoms with Crippen LogP contribution in [0.4, 0.5) is 0 Å². The highest BCUT2D eigenvalue weighted by atomic mass is 16.5. The van der Waals surface area contributed by atoms with Crippen molar-refractivity contribution >= 4 is 5.91 Å². The van der Waals surface area contributed by atoms with E-state index in [0.717, 1.165) is 19.4 Å². The number of nitrogens with one attached hydrogen (secondary N) is 1. The van der Waals surface area contributed by atoms with Gasteiger partial charge in [-0.2, -0.15) is 5.10 Å². The van der Waals surface area contributed by atoms with Gasteiger partial charge < -0.3 is 10.1 Å². The molecule has 0 spiro atoms. The van der Waals surface area contributed by atoms with Gasteiger partial charge in [0, 0.05) is 13.2 Å². The molecule has 2 atom stereocenters. The fraction of sp³-hybridized carbons (Fsp3) is 0.700. The second-order valence-electron chi connectivity index (χ2n) is 3.93. The van der Waals surface area contributed by atoms with E-state index in [0.29, 0.717) is 6.54 Å². The van der Waals surface area contributed by atoms with E-state index < -0.39 is 0 Å². The lowest BCUT2D eigenvalue weighted by molar-refractivity contribution is -0.124. The van der Waals surface area contributed by atoms with E-state index in [1.165, 1.54) is 17.3 Å². The molecular formula is C10H16N4O2. The third kappa shape index (κ3) is 2.57. The summed E-state index contributed by atoms with van der Waals surface area (Å²) in [4.78, 5) is 15.6. The Morgan fingerprint density at radius 2 is 2.62 bits per heavy atom. The van der Waals surface area contributed by atoms with Crippen molar-refractivity contribution in [2.45, 2.75) is 31.9 Å². The van der Waals surface area contributed by atoms with Crippen LogP contribution in [-0.2, 0) is 9.53 Å². The number of amides is 1.